The fraction of sp³-hybridized carbons (Fsp3) is 0.133. The minimum Gasteiger partial charge on any atom is -0.456 e. The van der Waals surface area contributed by atoms with Crippen molar-refractivity contribution < 1.29 is 8.83 Å². The zero-order valence-corrected chi connectivity index (χ0v) is 27.5. The Bertz CT molecular complexity index is 2630. The van der Waals surface area contributed by atoms with Crippen LogP contribution in [0.5, 0.6) is 0 Å². The summed E-state index contributed by atoms with van der Waals surface area (Å²) in [5, 5.41) is 3.45. The molecule has 3 heterocycles. The van der Waals surface area contributed by atoms with Crippen LogP contribution in [0.15, 0.2) is 136 Å². The minimum absolute atomic E-state index is 0.114. The molecule has 0 bridgehead atoms. The smallest absolute Gasteiger partial charge is 0.164 e. The van der Waals surface area contributed by atoms with Crippen LogP contribution < -0.4 is 0 Å². The van der Waals surface area contributed by atoms with Crippen LogP contribution in [0.3, 0.4) is 0 Å². The number of para-hydroxylation sites is 2. The van der Waals surface area contributed by atoms with E-state index in [1.54, 1.807) is 0 Å². The zero-order valence-electron chi connectivity index (χ0n) is 27.5. The second-order valence-corrected chi connectivity index (χ2v) is 13.3. The van der Waals surface area contributed by atoms with E-state index in [0.29, 0.717) is 11.6 Å². The summed E-state index contributed by atoms with van der Waals surface area (Å²) in [5.41, 5.74) is 10.7. The van der Waals surface area contributed by atoms with Gasteiger partial charge < -0.3 is 8.83 Å². The Morgan fingerprint density at radius 1 is 0.640 bits per heavy atom. The lowest BCUT2D eigenvalue weighted by Crippen LogP contribution is -2.09. The van der Waals surface area contributed by atoms with E-state index in [4.69, 9.17) is 23.8 Å². The average Bonchev–Trinajstić information content (AvgIpc) is 3.76. The van der Waals surface area contributed by atoms with Crippen LogP contribution in [0.1, 0.15) is 65.7 Å². The Morgan fingerprint density at radius 2 is 1.48 bits per heavy atom. The third kappa shape index (κ3) is 4.97. The minimum atomic E-state index is 0.114. The SMILES string of the molecule is C1=CC(c2cccc3c2oc2ccccc23)CC(c2nc(C3=CC(c4ccccc4)=CCC3)nc(-c3ccc4c5c(oc4c3)C=CCC5)n2)=C1. The highest BCUT2D eigenvalue weighted by Crippen LogP contribution is 2.40. The number of aromatic nitrogens is 3. The van der Waals surface area contributed by atoms with Crippen LogP contribution in [0.4, 0.5) is 0 Å². The van der Waals surface area contributed by atoms with Gasteiger partial charge in [0.25, 0.3) is 0 Å². The summed E-state index contributed by atoms with van der Waals surface area (Å²) >= 11 is 0. The molecule has 240 valence electrons. The third-order valence-electron chi connectivity index (χ3n) is 10.3. The van der Waals surface area contributed by atoms with Gasteiger partial charge in [-0.25, -0.2) is 15.0 Å². The van der Waals surface area contributed by atoms with Gasteiger partial charge in [0.1, 0.15) is 22.5 Å². The van der Waals surface area contributed by atoms with Crippen LogP contribution in [0.25, 0.3) is 67.1 Å². The van der Waals surface area contributed by atoms with Crippen molar-refractivity contribution in [3.05, 3.63) is 162 Å². The fourth-order valence-corrected chi connectivity index (χ4v) is 7.74. The average molecular weight is 648 g/mol. The van der Waals surface area contributed by atoms with Gasteiger partial charge >= 0.3 is 0 Å². The topological polar surface area (TPSA) is 65.0 Å². The van der Waals surface area contributed by atoms with E-state index in [2.05, 4.69) is 121 Å². The fourth-order valence-electron chi connectivity index (χ4n) is 7.74. The Kier molecular flexibility index (Phi) is 6.83. The van der Waals surface area contributed by atoms with Crippen molar-refractivity contribution >= 4 is 55.7 Å². The van der Waals surface area contributed by atoms with E-state index < -0.39 is 0 Å². The van der Waals surface area contributed by atoms with Gasteiger partial charge in [0, 0.05) is 38.8 Å². The van der Waals surface area contributed by atoms with Gasteiger partial charge in [-0.15, -0.1) is 0 Å². The van der Waals surface area contributed by atoms with Gasteiger partial charge in [0.15, 0.2) is 17.5 Å². The highest BCUT2D eigenvalue weighted by atomic mass is 16.3. The van der Waals surface area contributed by atoms with Crippen molar-refractivity contribution in [1.29, 1.82) is 0 Å². The number of rotatable bonds is 5. The molecular weight excluding hydrogens is 615 g/mol. The first-order valence-corrected chi connectivity index (χ1v) is 17.5. The van der Waals surface area contributed by atoms with Gasteiger partial charge in [0.2, 0.25) is 0 Å². The van der Waals surface area contributed by atoms with Gasteiger partial charge in [0.05, 0.1) is 0 Å². The van der Waals surface area contributed by atoms with Crippen molar-refractivity contribution in [2.45, 2.75) is 38.0 Å². The molecule has 10 rings (SSSR count). The van der Waals surface area contributed by atoms with Crippen molar-refractivity contribution in [2.75, 3.05) is 0 Å². The van der Waals surface area contributed by atoms with Gasteiger partial charge in [-0.2, -0.15) is 0 Å². The van der Waals surface area contributed by atoms with Gasteiger partial charge in [-0.05, 0) is 78.7 Å². The molecule has 5 nitrogen and oxygen atoms in total. The van der Waals surface area contributed by atoms with E-state index in [1.807, 2.05) is 12.1 Å². The summed E-state index contributed by atoms with van der Waals surface area (Å²) in [6.07, 6.45) is 20.0. The second-order valence-electron chi connectivity index (χ2n) is 13.3. The van der Waals surface area contributed by atoms with Gasteiger partial charge in [-0.1, -0.05) is 109 Å². The summed E-state index contributed by atoms with van der Waals surface area (Å²) in [6.45, 7) is 0. The molecule has 3 aliphatic carbocycles. The van der Waals surface area contributed by atoms with Gasteiger partial charge in [-0.3, -0.25) is 0 Å². The lowest BCUT2D eigenvalue weighted by Gasteiger charge is -2.20. The molecule has 0 spiro atoms. The molecule has 0 amide bonds. The molecule has 3 aliphatic rings. The molecule has 0 radical (unpaired) electrons. The van der Waals surface area contributed by atoms with Crippen LogP contribution in [0, 0.1) is 0 Å². The number of nitrogens with zero attached hydrogens (tertiary/aromatic N) is 3. The van der Waals surface area contributed by atoms with Crippen molar-refractivity contribution in [3.63, 3.8) is 0 Å². The summed E-state index contributed by atoms with van der Waals surface area (Å²) in [5.74, 6) is 3.15. The summed E-state index contributed by atoms with van der Waals surface area (Å²) < 4.78 is 12.8. The highest BCUT2D eigenvalue weighted by Gasteiger charge is 2.24. The Morgan fingerprint density at radius 3 is 2.42 bits per heavy atom. The number of benzene rings is 4. The highest BCUT2D eigenvalue weighted by molar-refractivity contribution is 6.06. The Hall–Kier alpha value is -6.07. The molecule has 0 fully saturated rings. The number of fused-ring (bicyclic) bond motifs is 6. The zero-order chi connectivity index (χ0) is 33.0. The quantitative estimate of drug-likeness (QED) is 0.186. The molecule has 4 aromatic carbocycles. The van der Waals surface area contributed by atoms with E-state index in [-0.39, 0.29) is 5.92 Å². The summed E-state index contributed by atoms with van der Waals surface area (Å²) in [7, 11) is 0. The molecule has 5 heteroatoms. The molecule has 7 aromatic rings. The maximum atomic E-state index is 6.44. The monoisotopic (exact) mass is 647 g/mol. The molecular formula is C45H33N3O2. The number of hydrogen-bond acceptors (Lipinski definition) is 5. The lowest BCUT2D eigenvalue weighted by molar-refractivity contribution is 0.595. The Balaban J connectivity index is 1.07. The van der Waals surface area contributed by atoms with E-state index >= 15 is 0 Å². The van der Waals surface area contributed by atoms with Crippen molar-refractivity contribution in [3.8, 4) is 11.4 Å². The van der Waals surface area contributed by atoms with E-state index in [1.165, 1.54) is 22.3 Å². The summed E-state index contributed by atoms with van der Waals surface area (Å²) in [4.78, 5) is 15.5. The first-order chi connectivity index (χ1) is 24.7. The van der Waals surface area contributed by atoms with E-state index in [0.717, 1.165) is 93.3 Å². The summed E-state index contributed by atoms with van der Waals surface area (Å²) in [6, 6.07) is 31.7. The number of furan rings is 2. The largest absolute Gasteiger partial charge is 0.456 e. The van der Waals surface area contributed by atoms with Crippen molar-refractivity contribution in [2.24, 2.45) is 0 Å². The predicted molar refractivity (Wildman–Crippen MR) is 202 cm³/mol. The molecule has 1 atom stereocenters. The van der Waals surface area contributed by atoms with E-state index in [9.17, 15) is 0 Å². The molecule has 0 saturated carbocycles. The maximum absolute atomic E-state index is 6.44. The molecule has 3 aromatic heterocycles. The molecule has 0 saturated heterocycles. The van der Waals surface area contributed by atoms with Crippen molar-refractivity contribution in [1.82, 2.24) is 15.0 Å². The normalized spacial score (nSPS) is 17.2. The number of aryl methyl sites for hydroxylation is 1. The van der Waals surface area contributed by atoms with Crippen LogP contribution in [-0.4, -0.2) is 15.0 Å². The Labute approximate surface area is 289 Å². The predicted octanol–water partition coefficient (Wildman–Crippen LogP) is 11.5. The maximum Gasteiger partial charge on any atom is 0.164 e. The lowest BCUT2D eigenvalue weighted by atomic mass is 9.87. The van der Waals surface area contributed by atoms with Crippen LogP contribution in [-0.2, 0) is 6.42 Å². The number of allylic oxidation sites excluding steroid dienone is 9. The second kappa shape index (κ2) is 11.8. The molecule has 0 N–H and O–H groups in total. The third-order valence-corrected chi connectivity index (χ3v) is 10.3. The first-order valence-electron chi connectivity index (χ1n) is 17.5. The standard InChI is InChI=1S/C45H33N3O2/c1-2-11-28(12-3-1)29-13-8-15-31(25-29)43-46-44(48-45(47-43)33-23-24-37-35-17-4-6-21-39(35)49-41(37)27-33)32-16-9-14-30(26-32)34-19-10-20-38-36-18-5-7-22-40(36)50-42(34)38/h1-3,5-7,9-14,16,18-25,27,30H,4,8,15,17,26H2. The van der Waals surface area contributed by atoms with Crippen LogP contribution >= 0.6 is 0 Å². The first kappa shape index (κ1) is 28.9. The molecule has 1 unspecified atom stereocenters. The molecule has 0 aliphatic heterocycles. The molecule has 50 heavy (non-hydrogen) atoms. The number of hydrogen-bond donors (Lipinski definition) is 0. The van der Waals surface area contributed by atoms with Crippen LogP contribution in [0.2, 0.25) is 0 Å².